The van der Waals surface area contributed by atoms with Gasteiger partial charge in [-0.05, 0) is 5.56 Å². The molecule has 0 radical (unpaired) electrons. The largest absolute Gasteiger partial charge is 0.428 e. The molecular formula is C12H7F9O2. The summed E-state index contributed by atoms with van der Waals surface area (Å²) < 4.78 is 122. The van der Waals surface area contributed by atoms with Crippen molar-refractivity contribution >= 4 is 0 Å². The quantitative estimate of drug-likeness (QED) is 0.834. The van der Waals surface area contributed by atoms with Crippen molar-refractivity contribution in [3.63, 3.8) is 0 Å². The second-order valence-electron chi connectivity index (χ2n) is 4.80. The van der Waals surface area contributed by atoms with Crippen LogP contribution in [0.25, 0.3) is 0 Å². The first kappa shape index (κ1) is 17.9. The number of halogens is 9. The van der Waals surface area contributed by atoms with E-state index < -0.39 is 41.4 Å². The topological polar surface area (TPSA) is 29.5 Å². The average molecular weight is 354 g/mol. The Kier molecular flexibility index (Phi) is 3.69. The fourth-order valence-corrected chi connectivity index (χ4v) is 1.99. The monoisotopic (exact) mass is 354 g/mol. The Morgan fingerprint density at radius 2 is 1.35 bits per heavy atom. The highest BCUT2D eigenvalue weighted by atomic mass is 19.4. The highest BCUT2D eigenvalue weighted by Crippen LogP contribution is 2.66. The predicted molar refractivity (Wildman–Crippen MR) is 56.1 cm³/mol. The van der Waals surface area contributed by atoms with E-state index in [1.54, 1.807) is 0 Å². The first-order valence-electron chi connectivity index (χ1n) is 5.86. The van der Waals surface area contributed by atoms with Crippen molar-refractivity contribution < 1.29 is 49.4 Å². The van der Waals surface area contributed by atoms with Crippen molar-refractivity contribution in [2.45, 2.75) is 35.8 Å². The molecule has 1 fully saturated rings. The molecule has 1 aliphatic rings. The summed E-state index contributed by atoms with van der Waals surface area (Å²) in [4.78, 5) is 0. The molecule has 1 saturated heterocycles. The van der Waals surface area contributed by atoms with Crippen molar-refractivity contribution in [2.24, 2.45) is 0 Å². The van der Waals surface area contributed by atoms with Crippen LogP contribution >= 0.6 is 0 Å². The first-order valence-corrected chi connectivity index (χ1v) is 5.86. The number of alkyl halides is 9. The Balaban J connectivity index is 2.54. The van der Waals surface area contributed by atoms with Gasteiger partial charge in [0, 0.05) is 0 Å². The zero-order chi connectivity index (χ0) is 17.9. The standard InChI is InChI=1S/C12H7F9O2/c13-8(14,7(22)6-4-2-1-3-5-6)11(19)9(15,16)10(17,18)12(20,21)23-11/h1-5,7,22H/t7-,11-/m0/s1. The van der Waals surface area contributed by atoms with Crippen molar-refractivity contribution in [3.05, 3.63) is 35.9 Å². The lowest BCUT2D eigenvalue weighted by Gasteiger charge is -2.35. The predicted octanol–water partition coefficient (Wildman–Crippen LogP) is 3.91. The molecule has 2 rings (SSSR count). The number of hydrogen-bond acceptors (Lipinski definition) is 2. The molecule has 130 valence electrons. The number of aliphatic hydroxyl groups excluding tert-OH is 1. The van der Waals surface area contributed by atoms with Gasteiger partial charge in [-0.2, -0.15) is 39.5 Å². The molecule has 0 aromatic heterocycles. The number of aliphatic hydroxyl groups is 1. The number of rotatable bonds is 3. The average Bonchev–Trinajstić information content (AvgIpc) is 2.55. The van der Waals surface area contributed by atoms with Gasteiger partial charge in [-0.3, -0.25) is 4.74 Å². The van der Waals surface area contributed by atoms with Crippen LogP contribution in [0.15, 0.2) is 30.3 Å². The van der Waals surface area contributed by atoms with E-state index >= 15 is 0 Å². The molecule has 0 unspecified atom stereocenters. The minimum atomic E-state index is -6.61. The third-order valence-electron chi connectivity index (χ3n) is 3.32. The van der Waals surface area contributed by atoms with Gasteiger partial charge < -0.3 is 5.11 Å². The van der Waals surface area contributed by atoms with Crippen LogP contribution < -0.4 is 0 Å². The Morgan fingerprint density at radius 3 is 1.74 bits per heavy atom. The second kappa shape index (κ2) is 4.76. The van der Waals surface area contributed by atoms with Crippen LogP contribution in [-0.2, 0) is 4.74 Å². The van der Waals surface area contributed by atoms with E-state index in [9.17, 15) is 44.6 Å². The van der Waals surface area contributed by atoms with Crippen LogP contribution in [0.1, 0.15) is 11.7 Å². The fourth-order valence-electron chi connectivity index (χ4n) is 1.99. The highest BCUT2D eigenvalue weighted by molar-refractivity contribution is 5.23. The maximum absolute atomic E-state index is 14.0. The summed E-state index contributed by atoms with van der Waals surface area (Å²) in [6, 6.07) is 4.78. The molecule has 0 aliphatic carbocycles. The van der Waals surface area contributed by atoms with E-state index in [0.717, 1.165) is 24.3 Å². The Labute approximate surface area is 122 Å². The number of benzene rings is 1. The molecule has 0 amide bonds. The molecule has 1 heterocycles. The normalized spacial score (nSPS) is 30.2. The number of hydrogen-bond donors (Lipinski definition) is 1. The smallest absolute Gasteiger partial charge is 0.382 e. The fraction of sp³-hybridized carbons (Fsp3) is 0.500. The Hall–Kier alpha value is -1.49. The van der Waals surface area contributed by atoms with Gasteiger partial charge in [0.25, 0.3) is 0 Å². The van der Waals surface area contributed by atoms with Crippen LogP contribution in [0.2, 0.25) is 0 Å². The van der Waals surface area contributed by atoms with Crippen LogP contribution in [0.3, 0.4) is 0 Å². The van der Waals surface area contributed by atoms with Crippen LogP contribution in [0.5, 0.6) is 0 Å². The molecule has 0 saturated carbocycles. The van der Waals surface area contributed by atoms with Crippen molar-refractivity contribution in [1.82, 2.24) is 0 Å². The summed E-state index contributed by atoms with van der Waals surface area (Å²) >= 11 is 0. The minimum Gasteiger partial charge on any atom is -0.382 e. The van der Waals surface area contributed by atoms with Gasteiger partial charge >= 0.3 is 29.7 Å². The summed E-state index contributed by atoms with van der Waals surface area (Å²) in [5, 5.41) is 9.35. The third kappa shape index (κ3) is 2.05. The molecule has 1 aromatic rings. The molecular weight excluding hydrogens is 347 g/mol. The van der Waals surface area contributed by atoms with Crippen LogP contribution in [0, 0.1) is 0 Å². The van der Waals surface area contributed by atoms with E-state index in [2.05, 4.69) is 4.74 Å². The molecule has 11 heteroatoms. The second-order valence-corrected chi connectivity index (χ2v) is 4.80. The maximum atomic E-state index is 14.0. The lowest BCUT2D eigenvalue weighted by molar-refractivity contribution is -0.390. The van der Waals surface area contributed by atoms with Gasteiger partial charge in [0.1, 0.15) is 6.10 Å². The summed E-state index contributed by atoms with van der Waals surface area (Å²) in [5.74, 6) is -25.1. The van der Waals surface area contributed by atoms with Gasteiger partial charge in [0.15, 0.2) is 0 Å². The van der Waals surface area contributed by atoms with E-state index in [0.29, 0.717) is 0 Å². The van der Waals surface area contributed by atoms with E-state index in [-0.39, 0.29) is 0 Å². The van der Waals surface area contributed by atoms with E-state index in [1.165, 1.54) is 6.07 Å². The zero-order valence-electron chi connectivity index (χ0n) is 10.7. The molecule has 1 aliphatic heterocycles. The maximum Gasteiger partial charge on any atom is 0.428 e. The lowest BCUT2D eigenvalue weighted by atomic mass is 9.92. The van der Waals surface area contributed by atoms with Crippen molar-refractivity contribution in [2.75, 3.05) is 0 Å². The summed E-state index contributed by atoms with van der Waals surface area (Å²) in [7, 11) is 0. The molecule has 1 aromatic carbocycles. The van der Waals surface area contributed by atoms with Crippen LogP contribution in [-0.4, -0.2) is 34.8 Å². The SMILES string of the molecule is O[C@@H](c1ccccc1)C(F)(F)[C@]1(F)OC(F)(F)C(F)(F)C1(F)F. The van der Waals surface area contributed by atoms with E-state index in [4.69, 9.17) is 0 Å². The lowest BCUT2D eigenvalue weighted by Crippen LogP contribution is -2.61. The van der Waals surface area contributed by atoms with E-state index in [1.807, 2.05) is 0 Å². The zero-order valence-corrected chi connectivity index (χ0v) is 10.7. The highest BCUT2D eigenvalue weighted by Gasteiger charge is 2.95. The Morgan fingerprint density at radius 1 is 0.870 bits per heavy atom. The summed E-state index contributed by atoms with van der Waals surface area (Å²) in [6.45, 7) is 0. The third-order valence-corrected chi connectivity index (χ3v) is 3.32. The van der Waals surface area contributed by atoms with Crippen LogP contribution in [0.4, 0.5) is 39.5 Å². The first-order chi connectivity index (χ1) is 10.2. The minimum absolute atomic E-state index is 0.727. The molecule has 1 N–H and O–H groups in total. The van der Waals surface area contributed by atoms with Gasteiger partial charge in [-0.25, -0.2) is 0 Å². The summed E-state index contributed by atoms with van der Waals surface area (Å²) in [6.07, 6.45) is -9.64. The molecule has 0 spiro atoms. The molecule has 2 atom stereocenters. The molecule has 2 nitrogen and oxygen atoms in total. The Bertz CT molecular complexity index is 589. The van der Waals surface area contributed by atoms with Gasteiger partial charge in [0.05, 0.1) is 0 Å². The van der Waals surface area contributed by atoms with Crippen molar-refractivity contribution in [3.8, 4) is 0 Å². The molecule has 23 heavy (non-hydrogen) atoms. The van der Waals surface area contributed by atoms with Gasteiger partial charge in [-0.15, -0.1) is 0 Å². The number of ether oxygens (including phenoxy) is 1. The van der Waals surface area contributed by atoms with Gasteiger partial charge in [0.2, 0.25) is 0 Å². The molecule has 0 bridgehead atoms. The van der Waals surface area contributed by atoms with Gasteiger partial charge in [-0.1, -0.05) is 30.3 Å². The van der Waals surface area contributed by atoms with Crippen molar-refractivity contribution in [1.29, 1.82) is 0 Å². The summed E-state index contributed by atoms with van der Waals surface area (Å²) in [5.41, 5.74) is -0.868.